The summed E-state index contributed by atoms with van der Waals surface area (Å²) in [6.45, 7) is 7.83. The van der Waals surface area contributed by atoms with Crippen LogP contribution in [-0.4, -0.2) is 56.7 Å². The van der Waals surface area contributed by atoms with Crippen molar-refractivity contribution in [2.45, 2.75) is 53.9 Å². The summed E-state index contributed by atoms with van der Waals surface area (Å²) >= 11 is 4.59. The second kappa shape index (κ2) is 24.9. The Labute approximate surface area is 174 Å². The van der Waals surface area contributed by atoms with Gasteiger partial charge in [-0.15, -0.1) is 0 Å². The minimum atomic E-state index is -0.183. The molecule has 0 radical (unpaired) electrons. The van der Waals surface area contributed by atoms with E-state index in [1.165, 1.54) is 40.7 Å². The Hall–Kier alpha value is -2.07. The summed E-state index contributed by atoms with van der Waals surface area (Å²) in [6, 6.07) is 0. The summed E-state index contributed by atoms with van der Waals surface area (Å²) < 4.78 is 0. The Bertz CT molecular complexity index is 422. The van der Waals surface area contributed by atoms with Crippen LogP contribution in [0.25, 0.3) is 0 Å². The van der Waals surface area contributed by atoms with E-state index >= 15 is 0 Å². The number of hydrogen-bond donors (Lipinski definition) is 4. The van der Waals surface area contributed by atoms with E-state index in [9.17, 15) is 19.2 Å². The molecule has 0 bridgehead atoms. The fraction of sp³-hybridized carbons (Fsp3) is 0.722. The van der Waals surface area contributed by atoms with E-state index in [0.29, 0.717) is 5.78 Å². The normalized spacial score (nSPS) is 10.2. The number of rotatable bonds is 3. The van der Waals surface area contributed by atoms with Gasteiger partial charge in [-0.3, -0.25) is 19.2 Å². The summed E-state index contributed by atoms with van der Waals surface area (Å²) in [5.74, 6) is 0.951. The van der Waals surface area contributed by atoms with Crippen molar-refractivity contribution in [3.8, 4) is 0 Å². The Morgan fingerprint density at radius 3 is 1.18 bits per heavy atom. The smallest absolute Gasteiger partial charge is 0.240 e. The second-order valence-electron chi connectivity index (χ2n) is 5.63. The van der Waals surface area contributed by atoms with Gasteiger partial charge in [-0.1, -0.05) is 12.2 Å². The van der Waals surface area contributed by atoms with E-state index < -0.39 is 0 Å². The van der Waals surface area contributed by atoms with Crippen molar-refractivity contribution in [3.63, 3.8) is 0 Å². The van der Waals surface area contributed by atoms with Crippen molar-refractivity contribution in [2.24, 2.45) is 5.92 Å². The van der Waals surface area contributed by atoms with Gasteiger partial charge in [0.25, 0.3) is 0 Å². The van der Waals surface area contributed by atoms with E-state index in [2.05, 4.69) is 38.5 Å². The number of thiocarbonyl (C=S) groups is 1. The van der Waals surface area contributed by atoms with Crippen LogP contribution in [-0.2, 0) is 24.0 Å². The molecule has 1 rings (SSSR count). The first-order valence-corrected chi connectivity index (χ1v) is 9.12. The van der Waals surface area contributed by atoms with Crippen LogP contribution in [0.3, 0.4) is 0 Å². The van der Waals surface area contributed by atoms with Gasteiger partial charge in [0.2, 0.25) is 17.7 Å². The van der Waals surface area contributed by atoms with E-state index in [4.69, 9.17) is 0 Å². The van der Waals surface area contributed by atoms with Crippen LogP contribution >= 0.6 is 12.2 Å². The maximum Gasteiger partial charge on any atom is 0.240 e. The average Bonchev–Trinajstić information content (AvgIpc) is 3.40. The van der Waals surface area contributed by atoms with E-state index in [1.807, 2.05) is 14.0 Å². The van der Waals surface area contributed by atoms with Crippen molar-refractivity contribution in [2.75, 3.05) is 28.3 Å². The average molecular weight is 423 g/mol. The molecule has 0 aliphatic heterocycles. The Morgan fingerprint density at radius 2 is 1.14 bits per heavy atom. The molecule has 28 heavy (non-hydrogen) atoms. The molecule has 0 heterocycles. The summed E-state index contributed by atoms with van der Waals surface area (Å²) in [5, 5.41) is 7.54. The lowest BCUT2D eigenvalue weighted by Gasteiger charge is -1.90. The van der Waals surface area contributed by atoms with E-state index in [1.54, 1.807) is 21.0 Å². The lowest BCUT2D eigenvalue weighted by Crippen LogP contribution is -2.17. The number of carbonyl (C=O) groups excluding carboxylic acids is 4. The Balaban J connectivity index is -0.000000130. The molecule has 1 saturated carbocycles. The largest absolute Gasteiger partial charge is 0.383 e. The Morgan fingerprint density at radius 1 is 0.821 bits per heavy atom. The SMILES string of the molecule is CC(=O)CC1CC1.CNC(C)=O.CNC(C)=O.CNC(C)=S.CONC(C)=O. The predicted octanol–water partition coefficient (Wildman–Crippen LogP) is 1.12. The number of hydroxylamine groups is 1. The monoisotopic (exact) mass is 422 g/mol. The first-order valence-electron chi connectivity index (χ1n) is 8.71. The number of amides is 3. The van der Waals surface area contributed by atoms with Crippen molar-refractivity contribution in [3.05, 3.63) is 0 Å². The minimum absolute atomic E-state index is 0.00463. The molecular formula is C18H38N4O5S. The molecule has 4 N–H and O–H groups in total. The van der Waals surface area contributed by atoms with Crippen molar-refractivity contribution in [1.29, 1.82) is 0 Å². The fourth-order valence-electron chi connectivity index (χ4n) is 0.872. The van der Waals surface area contributed by atoms with Gasteiger partial charge < -0.3 is 20.7 Å². The first-order chi connectivity index (χ1) is 12.9. The molecule has 1 aliphatic carbocycles. The Kier molecular flexibility index (Phi) is 29.8. The zero-order valence-corrected chi connectivity index (χ0v) is 19.5. The standard InChI is InChI=1S/C6H10O.C3H7NO2.2C3H7NO.C3H7NS/c1-5(7)4-6-2-3-6;1-3(5)4-6-2;3*1-3(5)4-2/h6H,2-4H2,1H3;1-2H3,(H,4,5);3*1-2H3,(H,4,5). The van der Waals surface area contributed by atoms with Crippen LogP contribution in [0, 0.1) is 5.92 Å². The van der Waals surface area contributed by atoms with E-state index in [-0.39, 0.29) is 17.7 Å². The second-order valence-corrected chi connectivity index (χ2v) is 6.24. The first kappa shape index (κ1) is 33.5. The molecule has 0 aromatic carbocycles. The molecular weight excluding hydrogens is 384 g/mol. The van der Waals surface area contributed by atoms with Crippen LogP contribution in [0.15, 0.2) is 0 Å². The van der Waals surface area contributed by atoms with Gasteiger partial charge >= 0.3 is 0 Å². The molecule has 9 nitrogen and oxygen atoms in total. The fourth-order valence-corrected chi connectivity index (χ4v) is 0.872. The zero-order chi connectivity index (χ0) is 23.1. The van der Waals surface area contributed by atoms with Crippen molar-refractivity contribution < 1.29 is 24.0 Å². The third kappa shape index (κ3) is 64.8. The van der Waals surface area contributed by atoms with Crippen LogP contribution in [0.4, 0.5) is 0 Å². The van der Waals surface area contributed by atoms with Gasteiger partial charge in [0.15, 0.2) is 0 Å². The van der Waals surface area contributed by atoms with Gasteiger partial charge in [-0.25, -0.2) is 5.48 Å². The van der Waals surface area contributed by atoms with Crippen LogP contribution < -0.4 is 21.4 Å². The number of hydrogen-bond acceptors (Lipinski definition) is 6. The quantitative estimate of drug-likeness (QED) is 0.397. The summed E-state index contributed by atoms with van der Waals surface area (Å²) in [4.78, 5) is 44.5. The van der Waals surface area contributed by atoms with Crippen molar-refractivity contribution in [1.82, 2.24) is 21.4 Å². The van der Waals surface area contributed by atoms with Crippen LogP contribution in [0.2, 0.25) is 0 Å². The highest BCUT2D eigenvalue weighted by Crippen LogP contribution is 2.32. The van der Waals surface area contributed by atoms with Crippen molar-refractivity contribution >= 4 is 40.7 Å². The molecule has 166 valence electrons. The number of nitrogens with one attached hydrogen (secondary N) is 4. The lowest BCUT2D eigenvalue weighted by molar-refractivity contribution is -0.129. The molecule has 0 aromatic heterocycles. The maximum atomic E-state index is 10.3. The molecule has 1 aliphatic rings. The van der Waals surface area contributed by atoms with E-state index in [0.717, 1.165) is 17.3 Å². The zero-order valence-electron chi connectivity index (χ0n) is 18.6. The highest BCUT2D eigenvalue weighted by molar-refractivity contribution is 7.80. The molecule has 1 fully saturated rings. The molecule has 0 unspecified atom stereocenters. The van der Waals surface area contributed by atoms with Gasteiger partial charge in [-0.2, -0.15) is 0 Å². The minimum Gasteiger partial charge on any atom is -0.383 e. The molecule has 0 aromatic rings. The highest BCUT2D eigenvalue weighted by atomic mass is 32.1. The van der Waals surface area contributed by atoms with Gasteiger partial charge in [0.1, 0.15) is 5.78 Å². The van der Waals surface area contributed by atoms with Crippen LogP contribution in [0.5, 0.6) is 0 Å². The van der Waals surface area contributed by atoms with Crippen LogP contribution in [0.1, 0.15) is 53.9 Å². The molecule has 10 heteroatoms. The third-order valence-electron chi connectivity index (χ3n) is 2.58. The summed E-state index contributed by atoms with van der Waals surface area (Å²) in [7, 11) is 6.40. The number of carbonyl (C=O) groups is 4. The number of Topliss-reactive ketones (excluding diaryl/α,β-unsaturated/α-hetero) is 1. The van der Waals surface area contributed by atoms with Gasteiger partial charge in [-0.05, 0) is 32.6 Å². The predicted molar refractivity (Wildman–Crippen MR) is 116 cm³/mol. The highest BCUT2D eigenvalue weighted by Gasteiger charge is 2.22. The lowest BCUT2D eigenvalue weighted by atomic mass is 10.2. The summed E-state index contributed by atoms with van der Waals surface area (Å²) in [6.07, 6.45) is 3.42. The molecule has 0 atom stereocenters. The third-order valence-corrected chi connectivity index (χ3v) is 2.78. The topological polar surface area (TPSA) is 126 Å². The molecule has 0 saturated heterocycles. The maximum absolute atomic E-state index is 10.3. The van der Waals surface area contributed by atoms with Gasteiger partial charge in [0, 0.05) is 48.3 Å². The molecule has 0 spiro atoms. The van der Waals surface area contributed by atoms with Gasteiger partial charge in [0.05, 0.1) is 12.1 Å². The number of ketones is 1. The summed E-state index contributed by atoms with van der Waals surface area (Å²) in [5.41, 5.74) is 2.07. The molecule has 3 amide bonds.